The summed E-state index contributed by atoms with van der Waals surface area (Å²) in [5.41, 5.74) is 1.36. The molecule has 0 nitrogen and oxygen atoms in total. The molecule has 40 valence electrons. The number of aryl methyl sites for hydroxylation is 1. The third-order valence-corrected chi connectivity index (χ3v) is 2.70. The number of hydrogen-bond acceptors (Lipinski definition) is 1. The van der Waals surface area contributed by atoms with E-state index >= 15 is 0 Å². The van der Waals surface area contributed by atoms with E-state index in [2.05, 4.69) is 42.7 Å². The van der Waals surface area contributed by atoms with Crippen molar-refractivity contribution in [3.05, 3.63) is 21.9 Å². The first-order valence-electron chi connectivity index (χ1n) is 2.38. The van der Waals surface area contributed by atoms with Gasteiger partial charge in [-0.1, -0.05) is 0 Å². The molecule has 0 N–H and O–H groups in total. The van der Waals surface area contributed by atoms with Gasteiger partial charge in [-0.15, -0.1) is 0 Å². The van der Waals surface area contributed by atoms with Crippen LogP contribution in [0.5, 0.6) is 0 Å². The molecule has 0 saturated carbocycles. The van der Waals surface area contributed by atoms with Gasteiger partial charge >= 0.3 is 64.4 Å². The van der Waals surface area contributed by atoms with Crippen molar-refractivity contribution < 1.29 is 20.0 Å². The summed E-state index contributed by atoms with van der Waals surface area (Å²) in [5, 5.41) is 2.16. The van der Waals surface area contributed by atoms with Crippen molar-refractivity contribution >= 4 is 15.7 Å². The van der Waals surface area contributed by atoms with Crippen LogP contribution in [0.15, 0.2) is 11.4 Å². The summed E-state index contributed by atoms with van der Waals surface area (Å²) < 4.78 is 2.12. The van der Waals surface area contributed by atoms with E-state index in [9.17, 15) is 0 Å². The van der Waals surface area contributed by atoms with Gasteiger partial charge in [0.25, 0.3) is 0 Å². The SMILES string of the molecule is Cc1csc([CH]=[Ti])c1. The maximum atomic E-state index is 2.19. The van der Waals surface area contributed by atoms with E-state index in [0.29, 0.717) is 0 Å². The summed E-state index contributed by atoms with van der Waals surface area (Å²) in [6.07, 6.45) is 0. The van der Waals surface area contributed by atoms with Crippen LogP contribution in [0, 0.1) is 6.92 Å². The van der Waals surface area contributed by atoms with E-state index < -0.39 is 0 Å². The fourth-order valence-corrected chi connectivity index (χ4v) is 1.69. The van der Waals surface area contributed by atoms with Crippen LogP contribution in [0.25, 0.3) is 0 Å². The molecular weight excluding hydrogens is 152 g/mol. The topological polar surface area (TPSA) is 0 Å². The first-order valence-corrected chi connectivity index (χ1v) is 4.16. The minimum absolute atomic E-state index is 1.36. The zero-order chi connectivity index (χ0) is 5.98. The number of hydrogen-bond donors (Lipinski definition) is 0. The van der Waals surface area contributed by atoms with Crippen LogP contribution in [-0.2, 0) is 20.0 Å². The number of thiophene rings is 1. The van der Waals surface area contributed by atoms with Gasteiger partial charge in [0.2, 0.25) is 0 Å². The molecule has 1 heterocycles. The van der Waals surface area contributed by atoms with Crippen molar-refractivity contribution in [2.75, 3.05) is 0 Å². The van der Waals surface area contributed by atoms with Crippen LogP contribution < -0.4 is 0 Å². The monoisotopic (exact) mass is 158 g/mol. The molecule has 0 aliphatic heterocycles. The Kier molecular flexibility index (Phi) is 2.18. The second-order valence-corrected chi connectivity index (χ2v) is 3.06. The van der Waals surface area contributed by atoms with Crippen LogP contribution in [0.4, 0.5) is 0 Å². The summed E-state index contributed by atoms with van der Waals surface area (Å²) in [7, 11) is 0. The summed E-state index contributed by atoms with van der Waals surface area (Å²) in [6.45, 7) is 2.11. The molecule has 1 aromatic heterocycles. The molecule has 0 fully saturated rings. The second kappa shape index (κ2) is 2.72. The second-order valence-electron chi connectivity index (χ2n) is 1.67. The summed E-state index contributed by atoms with van der Waals surface area (Å²) in [4.78, 5) is 1.36. The molecule has 0 spiro atoms. The Balaban J connectivity index is 3.00. The molecular formula is C6H6STi. The van der Waals surface area contributed by atoms with Gasteiger partial charge in [-0.3, -0.25) is 0 Å². The Morgan fingerprint density at radius 1 is 1.75 bits per heavy atom. The zero-order valence-electron chi connectivity index (χ0n) is 4.64. The molecule has 2 heteroatoms. The molecule has 1 rings (SSSR count). The van der Waals surface area contributed by atoms with Gasteiger partial charge in [0.1, 0.15) is 0 Å². The van der Waals surface area contributed by atoms with Gasteiger partial charge in [-0.2, -0.15) is 0 Å². The van der Waals surface area contributed by atoms with Gasteiger partial charge in [-0.25, -0.2) is 0 Å². The number of rotatable bonds is 1. The van der Waals surface area contributed by atoms with E-state index in [1.807, 2.05) is 0 Å². The average molecular weight is 158 g/mol. The zero-order valence-corrected chi connectivity index (χ0v) is 7.02. The molecule has 0 unspecified atom stereocenters. The van der Waals surface area contributed by atoms with Crippen molar-refractivity contribution in [2.45, 2.75) is 6.92 Å². The van der Waals surface area contributed by atoms with Crippen molar-refractivity contribution in [3.8, 4) is 0 Å². The summed E-state index contributed by atoms with van der Waals surface area (Å²) in [5.74, 6) is 0. The van der Waals surface area contributed by atoms with Crippen LogP contribution >= 0.6 is 11.3 Å². The Labute approximate surface area is 64.5 Å². The van der Waals surface area contributed by atoms with Gasteiger partial charge in [0.05, 0.1) is 0 Å². The standard InChI is InChI=1S/C6H6S.Ti/c1-5-3-6(2)7-4-5;/h2-4H,1H3;. The van der Waals surface area contributed by atoms with E-state index in [-0.39, 0.29) is 0 Å². The van der Waals surface area contributed by atoms with E-state index in [0.717, 1.165) is 0 Å². The quantitative estimate of drug-likeness (QED) is 0.546. The Morgan fingerprint density at radius 2 is 2.50 bits per heavy atom. The molecule has 0 aliphatic carbocycles. The van der Waals surface area contributed by atoms with Gasteiger partial charge in [0, 0.05) is 0 Å². The fourth-order valence-electron chi connectivity index (χ4n) is 0.529. The van der Waals surface area contributed by atoms with Crippen LogP contribution in [-0.4, -0.2) is 4.31 Å². The Hall–Kier alpha value is 0.284. The molecule has 0 saturated heterocycles. The average Bonchev–Trinajstić information content (AvgIpc) is 2.14. The molecule has 0 aromatic carbocycles. The fraction of sp³-hybridized carbons (Fsp3) is 0.167. The molecule has 0 aliphatic rings. The molecule has 0 bridgehead atoms. The maximum absolute atomic E-state index is 2.19. The Bertz CT molecular complexity index is 190. The normalized spacial score (nSPS) is 9.00. The van der Waals surface area contributed by atoms with Crippen LogP contribution in [0.3, 0.4) is 0 Å². The predicted molar refractivity (Wildman–Crippen MR) is 34.2 cm³/mol. The molecule has 0 amide bonds. The molecule has 1 aromatic rings. The third kappa shape index (κ3) is 1.38. The van der Waals surface area contributed by atoms with Crippen LogP contribution in [0.1, 0.15) is 10.4 Å². The van der Waals surface area contributed by atoms with Crippen molar-refractivity contribution in [3.63, 3.8) is 0 Å². The first-order chi connectivity index (χ1) is 3.83. The first kappa shape index (κ1) is 6.40. The van der Waals surface area contributed by atoms with Gasteiger partial charge in [-0.05, 0) is 0 Å². The van der Waals surface area contributed by atoms with E-state index in [1.165, 1.54) is 10.4 Å². The molecule has 8 heavy (non-hydrogen) atoms. The summed E-state index contributed by atoms with van der Waals surface area (Å²) in [6, 6.07) is 2.19. The van der Waals surface area contributed by atoms with Gasteiger partial charge in [0.15, 0.2) is 0 Å². The van der Waals surface area contributed by atoms with Gasteiger partial charge < -0.3 is 0 Å². The van der Waals surface area contributed by atoms with E-state index in [4.69, 9.17) is 0 Å². The van der Waals surface area contributed by atoms with E-state index in [1.54, 1.807) is 11.3 Å². The van der Waals surface area contributed by atoms with Crippen molar-refractivity contribution in [1.29, 1.82) is 0 Å². The molecule has 0 atom stereocenters. The van der Waals surface area contributed by atoms with Crippen molar-refractivity contribution in [2.24, 2.45) is 0 Å². The minimum atomic E-state index is 1.36. The third-order valence-electron chi connectivity index (χ3n) is 0.893. The predicted octanol–water partition coefficient (Wildman–Crippen LogP) is 1.75. The van der Waals surface area contributed by atoms with Crippen molar-refractivity contribution in [1.82, 2.24) is 0 Å². The molecule has 0 radical (unpaired) electrons. The summed E-state index contributed by atoms with van der Waals surface area (Å²) >= 11 is 3.85. The Morgan fingerprint density at radius 3 is 2.75 bits per heavy atom. The van der Waals surface area contributed by atoms with Crippen LogP contribution in [0.2, 0.25) is 0 Å².